The average molecular weight is 226 g/mol. The van der Waals surface area contributed by atoms with Gasteiger partial charge in [-0.1, -0.05) is 26.2 Å². The van der Waals surface area contributed by atoms with E-state index in [2.05, 4.69) is 11.7 Å². The summed E-state index contributed by atoms with van der Waals surface area (Å²) in [4.78, 5) is 10.9. The zero-order valence-electron chi connectivity index (χ0n) is 8.73. The summed E-state index contributed by atoms with van der Waals surface area (Å²) in [5, 5.41) is 9.42. The molecule has 0 radical (unpaired) electrons. The minimum Gasteiger partial charge on any atom is -0.468 e. The molecular formula is C9H20ClNO3. The van der Waals surface area contributed by atoms with Gasteiger partial charge in [-0.05, 0) is 6.42 Å². The standard InChI is InChI=1S/C9H19NO3.ClH/c1-3-4-5-6-7(11)8(10)9(12)13-2;/h7-8,11H,3-6,10H2,1-2H3;1H/t7-,8-;/m0./s1. The predicted molar refractivity (Wildman–Crippen MR) is 57.4 cm³/mol. The number of ether oxygens (including phenoxy) is 1. The van der Waals surface area contributed by atoms with E-state index in [-0.39, 0.29) is 12.4 Å². The lowest BCUT2D eigenvalue weighted by molar-refractivity contribution is -0.145. The van der Waals surface area contributed by atoms with Crippen LogP contribution in [0.25, 0.3) is 0 Å². The number of hydrogen-bond donors (Lipinski definition) is 2. The molecular weight excluding hydrogens is 206 g/mol. The van der Waals surface area contributed by atoms with Gasteiger partial charge in [-0.15, -0.1) is 12.4 Å². The fraction of sp³-hybridized carbons (Fsp3) is 0.889. The highest BCUT2D eigenvalue weighted by Gasteiger charge is 2.22. The molecule has 0 saturated carbocycles. The normalized spacial score (nSPS) is 14.0. The lowest BCUT2D eigenvalue weighted by atomic mass is 10.1. The summed E-state index contributed by atoms with van der Waals surface area (Å²) in [6.45, 7) is 2.08. The molecule has 0 aliphatic carbocycles. The van der Waals surface area contributed by atoms with E-state index < -0.39 is 18.1 Å². The van der Waals surface area contributed by atoms with Crippen molar-refractivity contribution in [3.8, 4) is 0 Å². The van der Waals surface area contributed by atoms with Crippen LogP contribution in [0.5, 0.6) is 0 Å². The van der Waals surface area contributed by atoms with Gasteiger partial charge in [0, 0.05) is 0 Å². The van der Waals surface area contributed by atoms with Crippen molar-refractivity contribution in [3.63, 3.8) is 0 Å². The van der Waals surface area contributed by atoms with Crippen LogP contribution in [0.4, 0.5) is 0 Å². The summed E-state index contributed by atoms with van der Waals surface area (Å²) in [7, 11) is 1.26. The second-order valence-corrected chi connectivity index (χ2v) is 3.11. The zero-order valence-corrected chi connectivity index (χ0v) is 9.55. The van der Waals surface area contributed by atoms with Gasteiger partial charge in [0.15, 0.2) is 0 Å². The van der Waals surface area contributed by atoms with Crippen molar-refractivity contribution in [2.75, 3.05) is 7.11 Å². The SMILES string of the molecule is CCCCC[C@H](O)[C@H](N)C(=O)OC.Cl. The number of aliphatic hydroxyl groups is 1. The van der Waals surface area contributed by atoms with Crippen molar-refractivity contribution >= 4 is 18.4 Å². The highest BCUT2D eigenvalue weighted by molar-refractivity contribution is 5.85. The van der Waals surface area contributed by atoms with Crippen LogP contribution in [0, 0.1) is 0 Å². The van der Waals surface area contributed by atoms with Crippen molar-refractivity contribution in [2.24, 2.45) is 5.73 Å². The minimum absolute atomic E-state index is 0. The van der Waals surface area contributed by atoms with Crippen LogP contribution < -0.4 is 5.73 Å². The maximum Gasteiger partial charge on any atom is 0.325 e. The Hall–Kier alpha value is -0.320. The van der Waals surface area contributed by atoms with Crippen molar-refractivity contribution in [2.45, 2.75) is 44.8 Å². The van der Waals surface area contributed by atoms with Gasteiger partial charge in [-0.2, -0.15) is 0 Å². The molecule has 0 unspecified atom stereocenters. The number of hydrogen-bond acceptors (Lipinski definition) is 4. The number of methoxy groups -OCH3 is 1. The van der Waals surface area contributed by atoms with Crippen LogP contribution in [0.2, 0.25) is 0 Å². The molecule has 3 N–H and O–H groups in total. The highest BCUT2D eigenvalue weighted by atomic mass is 35.5. The fourth-order valence-corrected chi connectivity index (χ4v) is 1.08. The van der Waals surface area contributed by atoms with E-state index >= 15 is 0 Å². The fourth-order valence-electron chi connectivity index (χ4n) is 1.08. The molecule has 0 bridgehead atoms. The third kappa shape index (κ3) is 6.18. The summed E-state index contributed by atoms with van der Waals surface area (Å²) in [6.07, 6.45) is 2.80. The van der Waals surface area contributed by atoms with Crippen LogP contribution in [0.15, 0.2) is 0 Å². The molecule has 0 spiro atoms. The van der Waals surface area contributed by atoms with Crippen LogP contribution in [0.1, 0.15) is 32.6 Å². The maximum atomic E-state index is 10.9. The smallest absolute Gasteiger partial charge is 0.325 e. The Morgan fingerprint density at radius 2 is 2.07 bits per heavy atom. The van der Waals surface area contributed by atoms with Crippen LogP contribution >= 0.6 is 12.4 Å². The molecule has 0 aromatic rings. The molecule has 86 valence electrons. The summed E-state index contributed by atoms with van der Waals surface area (Å²) in [6, 6.07) is -0.901. The van der Waals surface area contributed by atoms with E-state index in [9.17, 15) is 9.90 Å². The number of unbranched alkanes of at least 4 members (excludes halogenated alkanes) is 2. The summed E-state index contributed by atoms with van der Waals surface area (Å²) in [5.74, 6) is -0.552. The Morgan fingerprint density at radius 1 is 1.50 bits per heavy atom. The number of aliphatic hydroxyl groups excluding tert-OH is 1. The van der Waals surface area contributed by atoms with E-state index in [0.717, 1.165) is 19.3 Å². The number of rotatable bonds is 6. The van der Waals surface area contributed by atoms with Crippen molar-refractivity contribution in [3.05, 3.63) is 0 Å². The van der Waals surface area contributed by atoms with E-state index in [1.54, 1.807) is 0 Å². The van der Waals surface area contributed by atoms with E-state index in [0.29, 0.717) is 6.42 Å². The average Bonchev–Trinajstić information content (AvgIpc) is 2.15. The topological polar surface area (TPSA) is 72.5 Å². The number of halogens is 1. The first-order valence-corrected chi connectivity index (χ1v) is 4.65. The second-order valence-electron chi connectivity index (χ2n) is 3.11. The largest absolute Gasteiger partial charge is 0.468 e. The highest BCUT2D eigenvalue weighted by Crippen LogP contribution is 2.06. The number of carbonyl (C=O) groups is 1. The number of nitrogens with two attached hydrogens (primary N) is 1. The van der Waals surface area contributed by atoms with E-state index in [1.807, 2.05) is 0 Å². The lowest BCUT2D eigenvalue weighted by Crippen LogP contribution is -2.42. The Bertz CT molecular complexity index is 155. The summed E-state index contributed by atoms with van der Waals surface area (Å²) >= 11 is 0. The quantitative estimate of drug-likeness (QED) is 0.519. The second kappa shape index (κ2) is 9.24. The van der Waals surface area contributed by atoms with Gasteiger partial charge < -0.3 is 15.6 Å². The van der Waals surface area contributed by atoms with Crippen molar-refractivity contribution in [1.29, 1.82) is 0 Å². The van der Waals surface area contributed by atoms with Crippen molar-refractivity contribution < 1.29 is 14.6 Å². The first-order valence-electron chi connectivity index (χ1n) is 4.65. The molecule has 14 heavy (non-hydrogen) atoms. The Balaban J connectivity index is 0. The third-order valence-corrected chi connectivity index (χ3v) is 1.99. The number of esters is 1. The molecule has 0 fully saturated rings. The summed E-state index contributed by atoms with van der Waals surface area (Å²) in [5.41, 5.74) is 5.43. The number of carbonyl (C=O) groups excluding carboxylic acids is 1. The van der Waals surface area contributed by atoms with Gasteiger partial charge in [0.25, 0.3) is 0 Å². The Morgan fingerprint density at radius 3 is 2.50 bits per heavy atom. The molecule has 0 amide bonds. The van der Waals surface area contributed by atoms with Crippen molar-refractivity contribution in [1.82, 2.24) is 0 Å². The molecule has 0 heterocycles. The van der Waals surface area contributed by atoms with Gasteiger partial charge in [0.1, 0.15) is 6.04 Å². The maximum absolute atomic E-state index is 10.9. The first-order chi connectivity index (χ1) is 6.13. The third-order valence-electron chi connectivity index (χ3n) is 1.99. The molecule has 2 atom stereocenters. The molecule has 0 saturated heterocycles. The Labute approximate surface area is 91.2 Å². The van der Waals surface area contributed by atoms with E-state index in [1.165, 1.54) is 7.11 Å². The van der Waals surface area contributed by atoms with Crippen LogP contribution in [-0.4, -0.2) is 30.3 Å². The van der Waals surface area contributed by atoms with Gasteiger partial charge in [-0.25, -0.2) is 0 Å². The van der Waals surface area contributed by atoms with Gasteiger partial charge in [0.05, 0.1) is 13.2 Å². The monoisotopic (exact) mass is 225 g/mol. The van der Waals surface area contributed by atoms with Gasteiger partial charge >= 0.3 is 5.97 Å². The van der Waals surface area contributed by atoms with E-state index in [4.69, 9.17) is 5.73 Å². The minimum atomic E-state index is -0.901. The Kier molecular flexibility index (Phi) is 10.6. The summed E-state index contributed by atoms with van der Waals surface area (Å²) < 4.78 is 4.42. The molecule has 0 aromatic carbocycles. The van der Waals surface area contributed by atoms with Gasteiger partial charge in [-0.3, -0.25) is 4.79 Å². The molecule has 0 rings (SSSR count). The first kappa shape index (κ1) is 16.1. The molecule has 0 aliphatic heterocycles. The molecule has 4 nitrogen and oxygen atoms in total. The van der Waals surface area contributed by atoms with Crippen LogP contribution in [0.3, 0.4) is 0 Å². The predicted octanol–water partition coefficient (Wildman–Crippen LogP) is 0.850. The zero-order chi connectivity index (χ0) is 10.3. The lowest BCUT2D eigenvalue weighted by Gasteiger charge is -2.15. The van der Waals surface area contributed by atoms with Gasteiger partial charge in [0.2, 0.25) is 0 Å². The molecule has 0 aromatic heterocycles. The molecule has 5 heteroatoms. The van der Waals surface area contributed by atoms with Crippen LogP contribution in [-0.2, 0) is 9.53 Å². The molecule has 0 aliphatic rings.